The molecule has 0 atom stereocenters. The van der Waals surface area contributed by atoms with Crippen LogP contribution >= 0.6 is 0 Å². The summed E-state index contributed by atoms with van der Waals surface area (Å²) in [5.74, 6) is 0.832. The molecule has 4 aliphatic rings. The number of hydrogen-bond donors (Lipinski definition) is 0. The van der Waals surface area contributed by atoms with Crippen molar-refractivity contribution in [1.82, 2.24) is 0 Å². The monoisotopic (exact) mass is 276 g/mol. The molecule has 2 nitrogen and oxygen atoms in total. The van der Waals surface area contributed by atoms with Gasteiger partial charge in [-0.05, 0) is 62.7 Å². The van der Waals surface area contributed by atoms with Crippen molar-refractivity contribution in [2.75, 3.05) is 0 Å². The summed E-state index contributed by atoms with van der Waals surface area (Å²) in [5, 5.41) is 0. The summed E-state index contributed by atoms with van der Waals surface area (Å²) in [7, 11) is 0. The third-order valence-electron chi connectivity index (χ3n) is 5.44. The van der Waals surface area contributed by atoms with Gasteiger partial charge in [0.1, 0.15) is 12.0 Å². The van der Waals surface area contributed by atoms with Crippen LogP contribution in [0.3, 0.4) is 0 Å². The van der Waals surface area contributed by atoms with Crippen LogP contribution in [0.4, 0.5) is 13.2 Å². The Labute approximate surface area is 110 Å². The van der Waals surface area contributed by atoms with Gasteiger partial charge < -0.3 is 4.74 Å². The molecule has 0 spiro atoms. The first-order chi connectivity index (χ1) is 8.76. The van der Waals surface area contributed by atoms with Gasteiger partial charge in [0.2, 0.25) is 0 Å². The normalized spacial score (nSPS) is 44.4. The summed E-state index contributed by atoms with van der Waals surface area (Å²) in [6, 6.07) is 0. The molecule has 4 rings (SSSR count). The van der Waals surface area contributed by atoms with Gasteiger partial charge >= 0.3 is 12.1 Å². The molecule has 0 amide bonds. The lowest BCUT2D eigenvalue weighted by Gasteiger charge is -2.59. The summed E-state index contributed by atoms with van der Waals surface area (Å²) in [5.41, 5.74) is -0.657. The summed E-state index contributed by atoms with van der Waals surface area (Å²) >= 11 is 0. The molecule has 0 aromatic rings. The molecule has 0 unspecified atom stereocenters. The van der Waals surface area contributed by atoms with E-state index in [0.717, 1.165) is 25.7 Å². The molecule has 4 saturated carbocycles. The maximum atomic E-state index is 12.2. The van der Waals surface area contributed by atoms with Gasteiger partial charge in [-0.25, -0.2) is 0 Å². The van der Waals surface area contributed by atoms with E-state index in [2.05, 4.69) is 0 Å². The Morgan fingerprint density at radius 3 is 2.00 bits per heavy atom. The van der Waals surface area contributed by atoms with Gasteiger partial charge in [0.15, 0.2) is 0 Å². The third-order valence-corrected chi connectivity index (χ3v) is 5.44. The number of halogens is 3. The molecule has 4 fully saturated rings. The molecule has 0 aromatic carbocycles. The Hall–Kier alpha value is -0.740. The third kappa shape index (κ3) is 2.36. The van der Waals surface area contributed by atoms with Gasteiger partial charge in [-0.2, -0.15) is 13.2 Å². The maximum absolute atomic E-state index is 12.2. The minimum atomic E-state index is -4.47. The summed E-state index contributed by atoms with van der Waals surface area (Å²) in [6.45, 7) is 1.86. The lowest BCUT2D eigenvalue weighted by atomic mass is 9.50. The molecule has 0 saturated heterocycles. The summed E-state index contributed by atoms with van der Waals surface area (Å²) in [6.07, 6.45) is -0.606. The van der Waals surface area contributed by atoms with Gasteiger partial charge in [0.25, 0.3) is 0 Å². The smallest absolute Gasteiger partial charge is 0.399 e. The van der Waals surface area contributed by atoms with Crippen LogP contribution in [0.5, 0.6) is 0 Å². The van der Waals surface area contributed by atoms with Gasteiger partial charge in [-0.15, -0.1) is 0 Å². The van der Waals surface area contributed by atoms with E-state index in [4.69, 9.17) is 4.74 Å². The van der Waals surface area contributed by atoms with Crippen molar-refractivity contribution >= 4 is 5.97 Å². The minimum absolute atomic E-state index is 0.265. The first-order valence-electron chi connectivity index (χ1n) is 7.05. The lowest BCUT2D eigenvalue weighted by Crippen LogP contribution is -2.58. The molecule has 0 aliphatic heterocycles. The molecular formula is C14H19F3O2. The zero-order valence-corrected chi connectivity index (χ0v) is 11.0. The van der Waals surface area contributed by atoms with Crippen molar-refractivity contribution in [2.24, 2.45) is 23.7 Å². The van der Waals surface area contributed by atoms with Crippen molar-refractivity contribution in [3.63, 3.8) is 0 Å². The molecule has 19 heavy (non-hydrogen) atoms. The van der Waals surface area contributed by atoms with Crippen LogP contribution < -0.4 is 0 Å². The average Bonchev–Trinajstić information content (AvgIpc) is 2.22. The number of carbonyl (C=O) groups excluding carboxylic acids is 1. The molecule has 0 aromatic heterocycles. The molecule has 5 heteroatoms. The summed E-state index contributed by atoms with van der Waals surface area (Å²) in [4.78, 5) is 11.5. The maximum Gasteiger partial charge on any atom is 0.399 e. The highest BCUT2D eigenvalue weighted by Gasteiger charge is 2.57. The largest absolute Gasteiger partial charge is 0.459 e. The van der Waals surface area contributed by atoms with Crippen molar-refractivity contribution in [3.8, 4) is 0 Å². The second-order valence-corrected chi connectivity index (χ2v) is 6.75. The van der Waals surface area contributed by atoms with Crippen LogP contribution in [0.15, 0.2) is 0 Å². The van der Waals surface area contributed by atoms with E-state index in [0.29, 0.717) is 11.8 Å². The van der Waals surface area contributed by atoms with E-state index in [1.807, 2.05) is 6.92 Å². The topological polar surface area (TPSA) is 26.3 Å². The first-order valence-corrected chi connectivity index (χ1v) is 7.05. The average molecular weight is 276 g/mol. The van der Waals surface area contributed by atoms with E-state index in [-0.39, 0.29) is 11.8 Å². The van der Waals surface area contributed by atoms with Crippen LogP contribution in [0.2, 0.25) is 0 Å². The number of carbonyl (C=O) groups is 1. The first kappa shape index (κ1) is 13.3. The number of rotatable bonds is 2. The Morgan fingerprint density at radius 2 is 1.58 bits per heavy atom. The molecule has 0 radical (unpaired) electrons. The Balaban J connectivity index is 1.71. The van der Waals surface area contributed by atoms with Crippen LogP contribution in [0.25, 0.3) is 0 Å². The second kappa shape index (κ2) is 4.13. The fourth-order valence-electron chi connectivity index (χ4n) is 4.73. The molecule has 0 N–H and O–H groups in total. The Kier molecular flexibility index (Phi) is 2.88. The van der Waals surface area contributed by atoms with Crippen molar-refractivity contribution in [2.45, 2.75) is 57.2 Å². The molecule has 108 valence electrons. The Bertz CT molecular complexity index is 361. The van der Waals surface area contributed by atoms with Gasteiger partial charge in [-0.3, -0.25) is 4.79 Å². The van der Waals surface area contributed by atoms with Crippen LogP contribution in [0, 0.1) is 23.7 Å². The fourth-order valence-corrected chi connectivity index (χ4v) is 4.73. The molecule has 4 aliphatic carbocycles. The minimum Gasteiger partial charge on any atom is -0.459 e. The highest BCUT2D eigenvalue weighted by atomic mass is 19.4. The van der Waals surface area contributed by atoms with E-state index in [1.165, 1.54) is 6.42 Å². The van der Waals surface area contributed by atoms with Gasteiger partial charge in [0.05, 0.1) is 0 Å². The lowest BCUT2D eigenvalue weighted by molar-refractivity contribution is -0.215. The van der Waals surface area contributed by atoms with E-state index in [9.17, 15) is 18.0 Å². The SMILES string of the molecule is CC1(OC(=O)CC(F)(F)F)C2CC3CC(C2)CC1C3. The van der Waals surface area contributed by atoms with Crippen molar-refractivity contribution < 1.29 is 22.7 Å². The molecule has 4 bridgehead atoms. The zero-order valence-electron chi connectivity index (χ0n) is 11.0. The van der Waals surface area contributed by atoms with Gasteiger partial charge in [0, 0.05) is 0 Å². The number of esters is 1. The zero-order chi connectivity index (χ0) is 13.8. The summed E-state index contributed by atoms with van der Waals surface area (Å²) < 4.78 is 42.1. The highest BCUT2D eigenvalue weighted by Crippen LogP contribution is 2.59. The fraction of sp³-hybridized carbons (Fsp3) is 0.929. The molecular weight excluding hydrogens is 257 g/mol. The Morgan fingerprint density at radius 1 is 1.11 bits per heavy atom. The predicted octanol–water partition coefficient (Wildman–Crippen LogP) is 3.70. The number of ether oxygens (including phenoxy) is 1. The van der Waals surface area contributed by atoms with Crippen molar-refractivity contribution in [3.05, 3.63) is 0 Å². The predicted molar refractivity (Wildman–Crippen MR) is 62.2 cm³/mol. The van der Waals surface area contributed by atoms with E-state index < -0.39 is 24.2 Å². The van der Waals surface area contributed by atoms with E-state index >= 15 is 0 Å². The van der Waals surface area contributed by atoms with E-state index in [1.54, 1.807) is 0 Å². The van der Waals surface area contributed by atoms with Crippen LogP contribution in [0.1, 0.15) is 45.4 Å². The standard InChI is InChI=1S/C14H19F3O2/c1-13(19-12(18)7-14(15,16)17)10-3-8-2-9(5-10)6-11(13)4-8/h8-11H,2-7H2,1H3. The van der Waals surface area contributed by atoms with Crippen molar-refractivity contribution in [1.29, 1.82) is 0 Å². The van der Waals surface area contributed by atoms with Crippen LogP contribution in [-0.2, 0) is 9.53 Å². The number of alkyl halides is 3. The quantitative estimate of drug-likeness (QED) is 0.719. The second-order valence-electron chi connectivity index (χ2n) is 6.75. The molecule has 0 heterocycles. The number of hydrogen-bond acceptors (Lipinski definition) is 2. The van der Waals surface area contributed by atoms with Gasteiger partial charge in [-0.1, -0.05) is 0 Å². The van der Waals surface area contributed by atoms with Crippen LogP contribution in [-0.4, -0.2) is 17.7 Å². The highest BCUT2D eigenvalue weighted by molar-refractivity contribution is 5.70.